The van der Waals surface area contributed by atoms with E-state index in [1.807, 2.05) is 0 Å². The molecular formula is C28H39N3O9S. The number of carboxylic acids is 2. The molecule has 226 valence electrons. The number of carboxylic acid groups (broad SMARTS) is 2. The number of thioether (sulfide) groups is 1. The van der Waals surface area contributed by atoms with Crippen LogP contribution in [0.25, 0.3) is 0 Å². The number of amides is 2. The van der Waals surface area contributed by atoms with Gasteiger partial charge in [0.15, 0.2) is 11.5 Å². The normalized spacial score (nSPS) is 28.0. The molecule has 41 heavy (non-hydrogen) atoms. The molecule has 2 fully saturated rings. The van der Waals surface area contributed by atoms with E-state index >= 15 is 0 Å². The highest BCUT2D eigenvalue weighted by atomic mass is 32.2. The van der Waals surface area contributed by atoms with Crippen molar-refractivity contribution in [3.05, 3.63) is 17.2 Å². The number of aliphatic hydroxyl groups is 1. The number of aliphatic carboxylic acids is 2. The van der Waals surface area contributed by atoms with Gasteiger partial charge >= 0.3 is 11.9 Å². The smallest absolute Gasteiger partial charge is 0.322 e. The predicted molar refractivity (Wildman–Crippen MR) is 149 cm³/mol. The van der Waals surface area contributed by atoms with E-state index in [-0.39, 0.29) is 47.5 Å². The quantitative estimate of drug-likeness (QED) is 0.135. The predicted octanol–water partition coefficient (Wildman–Crippen LogP) is 1.28. The molecule has 4 rings (SSSR count). The van der Waals surface area contributed by atoms with Crippen molar-refractivity contribution in [1.29, 1.82) is 0 Å². The number of benzene rings is 1. The molecule has 3 aliphatic rings. The number of nitrogens with two attached hydrogens (primary N) is 1. The molecule has 1 aromatic carbocycles. The van der Waals surface area contributed by atoms with Gasteiger partial charge in [-0.15, -0.1) is 11.8 Å². The monoisotopic (exact) mass is 593 g/mol. The maximum Gasteiger partial charge on any atom is 0.322 e. The zero-order valence-corrected chi connectivity index (χ0v) is 23.8. The van der Waals surface area contributed by atoms with Crippen molar-refractivity contribution in [2.75, 3.05) is 12.3 Å². The third-order valence-electron chi connectivity index (χ3n) is 9.35. The third-order valence-corrected chi connectivity index (χ3v) is 10.6. The highest BCUT2D eigenvalue weighted by molar-refractivity contribution is 7.99. The Hall–Kier alpha value is -3.03. The van der Waals surface area contributed by atoms with Gasteiger partial charge in [-0.2, -0.15) is 0 Å². The van der Waals surface area contributed by atoms with Crippen molar-refractivity contribution in [3.8, 4) is 11.5 Å². The lowest BCUT2D eigenvalue weighted by atomic mass is 9.55. The highest BCUT2D eigenvalue weighted by Crippen LogP contribution is 2.62. The molecule has 0 heterocycles. The lowest BCUT2D eigenvalue weighted by Crippen LogP contribution is -2.49. The summed E-state index contributed by atoms with van der Waals surface area (Å²) in [6.45, 7) is 1.51. The standard InChI is InChI=1S/C28H39N3O9S/c1-28-9-8-13-14(17(28)4-6-21(28)33)2-3-15-16(13)10-20(32)24(37)25(15)41-12-19(26(38)30-11-23(35)36)31-22(34)7-5-18(29)27(39)40/h10,13-14,17-19,21,32-33,37H,2-9,11-12,29H2,1H3,(H,30,38)(H,31,34)(H,35,36)(H,39,40)/t13-,14+,17-,18?,19?,21-,28-/m0/s1. The van der Waals surface area contributed by atoms with Crippen LogP contribution in [0.1, 0.15) is 68.9 Å². The Morgan fingerprint density at radius 2 is 1.88 bits per heavy atom. The number of phenolic OH excluding ortho intramolecular Hbond substituents is 2. The molecule has 0 saturated heterocycles. The summed E-state index contributed by atoms with van der Waals surface area (Å²) in [4.78, 5) is 47.7. The second kappa shape index (κ2) is 12.5. The first-order valence-corrected chi connectivity index (χ1v) is 15.0. The van der Waals surface area contributed by atoms with Crippen molar-refractivity contribution in [3.63, 3.8) is 0 Å². The van der Waals surface area contributed by atoms with Gasteiger partial charge in [-0.05, 0) is 85.3 Å². The topological polar surface area (TPSA) is 220 Å². The van der Waals surface area contributed by atoms with Gasteiger partial charge in [0.25, 0.3) is 0 Å². The molecule has 2 saturated carbocycles. The fraction of sp³-hybridized carbons (Fsp3) is 0.643. The molecule has 0 aliphatic heterocycles. The van der Waals surface area contributed by atoms with Gasteiger partial charge in [0, 0.05) is 12.2 Å². The minimum absolute atomic E-state index is 0.0768. The Bertz CT molecular complexity index is 1210. The second-order valence-corrected chi connectivity index (χ2v) is 12.8. The van der Waals surface area contributed by atoms with Gasteiger partial charge in [-0.3, -0.25) is 19.2 Å². The van der Waals surface area contributed by atoms with Crippen LogP contribution in [0.2, 0.25) is 0 Å². The first-order valence-electron chi connectivity index (χ1n) is 14.0. The number of hydrogen-bond acceptors (Lipinski definition) is 9. The summed E-state index contributed by atoms with van der Waals surface area (Å²) in [5.41, 5.74) is 7.20. The first kappa shape index (κ1) is 30.9. The number of aliphatic hydroxyl groups excluding tert-OH is 1. The van der Waals surface area contributed by atoms with Gasteiger partial charge in [0.1, 0.15) is 18.6 Å². The van der Waals surface area contributed by atoms with Gasteiger partial charge in [-0.1, -0.05) is 6.92 Å². The minimum Gasteiger partial charge on any atom is -0.504 e. The largest absolute Gasteiger partial charge is 0.504 e. The van der Waals surface area contributed by atoms with E-state index in [0.29, 0.717) is 23.2 Å². The lowest BCUT2D eigenvalue weighted by molar-refractivity contribution is -0.139. The van der Waals surface area contributed by atoms with E-state index in [1.54, 1.807) is 6.07 Å². The summed E-state index contributed by atoms with van der Waals surface area (Å²) in [6.07, 6.45) is 4.26. The number of hydrogen-bond donors (Lipinski definition) is 8. The molecule has 2 unspecified atom stereocenters. The summed E-state index contributed by atoms with van der Waals surface area (Å²) in [6, 6.07) is -0.819. The average Bonchev–Trinajstić information content (AvgIpc) is 3.23. The average molecular weight is 594 g/mol. The molecular weight excluding hydrogens is 554 g/mol. The highest BCUT2D eigenvalue weighted by Gasteiger charge is 2.54. The van der Waals surface area contributed by atoms with E-state index in [0.717, 1.165) is 55.0 Å². The number of carbonyl (C=O) groups is 4. The molecule has 0 spiro atoms. The van der Waals surface area contributed by atoms with Crippen LogP contribution in [-0.2, 0) is 25.6 Å². The number of carbonyl (C=O) groups excluding carboxylic acids is 2. The van der Waals surface area contributed by atoms with E-state index in [1.165, 1.54) is 0 Å². The molecule has 3 aliphatic carbocycles. The Balaban J connectivity index is 1.53. The van der Waals surface area contributed by atoms with Gasteiger partial charge in [-0.25, -0.2) is 0 Å². The molecule has 0 bridgehead atoms. The number of rotatable bonds is 11. The van der Waals surface area contributed by atoms with Gasteiger partial charge in [0.2, 0.25) is 11.8 Å². The van der Waals surface area contributed by atoms with Crippen molar-refractivity contribution in [2.24, 2.45) is 23.0 Å². The van der Waals surface area contributed by atoms with Crippen molar-refractivity contribution in [1.82, 2.24) is 10.6 Å². The fourth-order valence-electron chi connectivity index (χ4n) is 7.11. The Morgan fingerprint density at radius 3 is 2.56 bits per heavy atom. The van der Waals surface area contributed by atoms with Crippen LogP contribution in [0.15, 0.2) is 11.0 Å². The minimum atomic E-state index is -1.27. The Morgan fingerprint density at radius 1 is 1.15 bits per heavy atom. The fourth-order valence-corrected chi connectivity index (χ4v) is 8.31. The molecule has 7 atom stereocenters. The van der Waals surface area contributed by atoms with Crippen LogP contribution >= 0.6 is 11.8 Å². The van der Waals surface area contributed by atoms with E-state index in [9.17, 15) is 34.5 Å². The summed E-state index contributed by atoms with van der Waals surface area (Å²) in [7, 11) is 0. The van der Waals surface area contributed by atoms with E-state index in [2.05, 4.69) is 17.6 Å². The lowest BCUT2D eigenvalue weighted by Gasteiger charge is -2.50. The summed E-state index contributed by atoms with van der Waals surface area (Å²) in [5.74, 6) is -3.68. The van der Waals surface area contributed by atoms with Gasteiger partial charge < -0.3 is 41.9 Å². The molecule has 1 aromatic rings. The van der Waals surface area contributed by atoms with E-state index < -0.39 is 42.4 Å². The van der Waals surface area contributed by atoms with Crippen molar-refractivity contribution >= 4 is 35.5 Å². The maximum atomic E-state index is 12.8. The summed E-state index contributed by atoms with van der Waals surface area (Å²) >= 11 is 1.08. The van der Waals surface area contributed by atoms with Crippen molar-refractivity contribution in [2.45, 2.75) is 87.3 Å². The maximum absolute atomic E-state index is 12.8. The number of aromatic hydroxyl groups is 2. The van der Waals surface area contributed by atoms with Crippen LogP contribution in [0.3, 0.4) is 0 Å². The van der Waals surface area contributed by atoms with Gasteiger partial charge in [0.05, 0.1) is 11.0 Å². The van der Waals surface area contributed by atoms with Crippen LogP contribution < -0.4 is 16.4 Å². The number of phenols is 2. The number of nitrogens with one attached hydrogen (secondary N) is 2. The van der Waals surface area contributed by atoms with Crippen LogP contribution in [0.4, 0.5) is 0 Å². The summed E-state index contributed by atoms with van der Waals surface area (Å²) in [5, 5.41) is 54.9. The van der Waals surface area contributed by atoms with Crippen LogP contribution in [-0.4, -0.2) is 79.8 Å². The Labute approximate surface area is 242 Å². The third kappa shape index (κ3) is 6.41. The molecule has 2 amide bonds. The molecule has 0 aromatic heterocycles. The van der Waals surface area contributed by atoms with Crippen LogP contribution in [0.5, 0.6) is 11.5 Å². The van der Waals surface area contributed by atoms with Crippen molar-refractivity contribution < 1.29 is 44.7 Å². The van der Waals surface area contributed by atoms with E-state index in [4.69, 9.17) is 15.9 Å². The molecule has 12 nitrogen and oxygen atoms in total. The Kier molecular flexibility index (Phi) is 9.39. The SMILES string of the molecule is C[C@]12CC[C@@H]3c4cc(O)c(O)c(SCC(NC(=O)CCC(N)C(=O)O)C(=O)NCC(=O)O)c4CC[C@H]3[C@@H]1CC[C@@H]2O. The number of fused-ring (bicyclic) bond motifs is 5. The first-order chi connectivity index (χ1) is 19.3. The van der Waals surface area contributed by atoms with Crippen LogP contribution in [0, 0.1) is 17.3 Å². The molecule has 13 heteroatoms. The zero-order valence-electron chi connectivity index (χ0n) is 23.0. The second-order valence-electron chi connectivity index (χ2n) is 11.7. The molecule has 9 N–H and O–H groups in total. The summed E-state index contributed by atoms with van der Waals surface area (Å²) < 4.78 is 0. The molecule has 0 radical (unpaired) electrons. The zero-order chi connectivity index (χ0) is 30.1.